The summed E-state index contributed by atoms with van der Waals surface area (Å²) in [4.78, 5) is 17.4. The molecule has 1 aliphatic heterocycles. The number of carboxylic acids is 1. The van der Waals surface area contributed by atoms with Crippen molar-refractivity contribution in [3.8, 4) is 0 Å². The molecule has 1 N–H and O–H groups in total. The number of aromatic nitrogens is 1. The zero-order chi connectivity index (χ0) is 12.3. The maximum atomic E-state index is 10.8. The van der Waals surface area contributed by atoms with E-state index in [0.717, 1.165) is 24.5 Å². The molecule has 4 heteroatoms. The molecule has 1 fully saturated rings. The van der Waals surface area contributed by atoms with Crippen LogP contribution in [0.1, 0.15) is 25.3 Å². The van der Waals surface area contributed by atoms with Gasteiger partial charge < -0.3 is 10.0 Å². The Morgan fingerprint density at radius 2 is 2.24 bits per heavy atom. The molecule has 2 rings (SSSR count). The van der Waals surface area contributed by atoms with E-state index in [0.29, 0.717) is 6.42 Å². The molecule has 1 atom stereocenters. The zero-order valence-electron chi connectivity index (χ0n) is 10.1. The largest absolute Gasteiger partial charge is 0.481 e. The quantitative estimate of drug-likeness (QED) is 0.865. The first-order valence-electron chi connectivity index (χ1n) is 6.09. The van der Waals surface area contributed by atoms with Crippen LogP contribution < -0.4 is 4.90 Å². The lowest BCUT2D eigenvalue weighted by molar-refractivity contribution is -0.141. The lowest BCUT2D eigenvalue weighted by Crippen LogP contribution is -2.19. The van der Waals surface area contributed by atoms with Gasteiger partial charge in [0.15, 0.2) is 0 Å². The average Bonchev–Trinajstić information content (AvgIpc) is 2.82. The van der Waals surface area contributed by atoms with E-state index in [2.05, 4.69) is 9.88 Å². The Kier molecular flexibility index (Phi) is 3.61. The fraction of sp³-hybridized carbons (Fsp3) is 0.538. The third-order valence-electron chi connectivity index (χ3n) is 3.20. The molecule has 1 saturated heterocycles. The summed E-state index contributed by atoms with van der Waals surface area (Å²) in [5.41, 5.74) is 1.05. The van der Waals surface area contributed by atoms with E-state index in [1.54, 1.807) is 13.1 Å². The normalized spacial score (nSPS) is 17.1. The Labute approximate surface area is 101 Å². The molecule has 17 heavy (non-hydrogen) atoms. The number of rotatable bonds is 4. The van der Waals surface area contributed by atoms with Gasteiger partial charge in [-0.2, -0.15) is 0 Å². The lowest BCUT2D eigenvalue weighted by atomic mass is 10.0. The minimum absolute atomic E-state index is 0.344. The molecule has 92 valence electrons. The summed E-state index contributed by atoms with van der Waals surface area (Å²) >= 11 is 0. The van der Waals surface area contributed by atoms with E-state index in [1.807, 2.05) is 12.1 Å². The number of carbonyl (C=O) groups is 1. The number of hydrogen-bond donors (Lipinski definition) is 1. The van der Waals surface area contributed by atoms with E-state index < -0.39 is 5.97 Å². The Hall–Kier alpha value is -1.58. The van der Waals surface area contributed by atoms with Crippen molar-refractivity contribution in [1.29, 1.82) is 0 Å². The Bertz CT molecular complexity index is 400. The third-order valence-corrected chi connectivity index (χ3v) is 3.20. The van der Waals surface area contributed by atoms with Crippen molar-refractivity contribution in [3.05, 3.63) is 23.9 Å². The summed E-state index contributed by atoms with van der Waals surface area (Å²) in [7, 11) is 0. The van der Waals surface area contributed by atoms with Crippen molar-refractivity contribution in [2.75, 3.05) is 18.0 Å². The van der Waals surface area contributed by atoms with Crippen LogP contribution in [0.25, 0.3) is 0 Å². The van der Waals surface area contributed by atoms with Crippen LogP contribution in [0.5, 0.6) is 0 Å². The molecule has 0 saturated carbocycles. The highest BCUT2D eigenvalue weighted by Gasteiger charge is 2.15. The number of nitrogens with zero attached hydrogens (tertiary/aromatic N) is 2. The van der Waals surface area contributed by atoms with Gasteiger partial charge in [0.1, 0.15) is 5.82 Å². The molecular weight excluding hydrogens is 216 g/mol. The van der Waals surface area contributed by atoms with E-state index in [4.69, 9.17) is 5.11 Å². The minimum Gasteiger partial charge on any atom is -0.481 e. The van der Waals surface area contributed by atoms with E-state index in [9.17, 15) is 4.79 Å². The smallest absolute Gasteiger partial charge is 0.306 e. The second-order valence-electron chi connectivity index (χ2n) is 4.66. The summed E-state index contributed by atoms with van der Waals surface area (Å²) in [6.45, 7) is 3.86. The van der Waals surface area contributed by atoms with Crippen LogP contribution in [0.2, 0.25) is 0 Å². The molecule has 0 aliphatic carbocycles. The summed E-state index contributed by atoms with van der Waals surface area (Å²) in [6, 6.07) is 3.92. The zero-order valence-corrected chi connectivity index (χ0v) is 10.1. The first-order chi connectivity index (χ1) is 8.16. The van der Waals surface area contributed by atoms with Crippen molar-refractivity contribution in [2.45, 2.75) is 26.2 Å². The highest BCUT2D eigenvalue weighted by atomic mass is 16.4. The predicted molar refractivity (Wildman–Crippen MR) is 66.2 cm³/mol. The van der Waals surface area contributed by atoms with Crippen molar-refractivity contribution in [1.82, 2.24) is 4.98 Å². The van der Waals surface area contributed by atoms with Gasteiger partial charge in [0.25, 0.3) is 0 Å². The summed E-state index contributed by atoms with van der Waals surface area (Å²) in [5, 5.41) is 8.90. The second kappa shape index (κ2) is 5.17. The maximum Gasteiger partial charge on any atom is 0.306 e. The number of pyridine rings is 1. The summed E-state index contributed by atoms with van der Waals surface area (Å²) in [6.07, 6.45) is 4.78. The highest BCUT2D eigenvalue weighted by Crippen LogP contribution is 2.19. The van der Waals surface area contributed by atoms with Crippen molar-refractivity contribution < 1.29 is 9.90 Å². The van der Waals surface area contributed by atoms with E-state index in [1.165, 1.54) is 12.8 Å². The number of anilines is 1. The number of aliphatic carboxylic acids is 1. The molecule has 0 amide bonds. The maximum absolute atomic E-state index is 10.8. The first kappa shape index (κ1) is 11.9. The Balaban J connectivity index is 2.08. The van der Waals surface area contributed by atoms with Crippen LogP contribution in [-0.4, -0.2) is 29.1 Å². The van der Waals surface area contributed by atoms with Crippen LogP contribution in [0, 0.1) is 5.92 Å². The van der Waals surface area contributed by atoms with Crippen molar-refractivity contribution >= 4 is 11.8 Å². The number of hydrogen-bond acceptors (Lipinski definition) is 3. The molecule has 0 bridgehead atoms. The molecular formula is C13H18N2O2. The van der Waals surface area contributed by atoms with Gasteiger partial charge in [0.05, 0.1) is 5.92 Å². The molecule has 0 spiro atoms. The van der Waals surface area contributed by atoms with Gasteiger partial charge in [0, 0.05) is 19.3 Å². The van der Waals surface area contributed by atoms with Gasteiger partial charge >= 0.3 is 5.97 Å². The van der Waals surface area contributed by atoms with Crippen molar-refractivity contribution in [3.63, 3.8) is 0 Å². The first-order valence-corrected chi connectivity index (χ1v) is 6.09. The molecule has 4 nitrogen and oxygen atoms in total. The van der Waals surface area contributed by atoms with E-state index in [-0.39, 0.29) is 5.92 Å². The Morgan fingerprint density at radius 3 is 2.88 bits per heavy atom. The van der Waals surface area contributed by atoms with Crippen LogP contribution in [0.4, 0.5) is 5.82 Å². The van der Waals surface area contributed by atoms with Gasteiger partial charge in [0.2, 0.25) is 0 Å². The van der Waals surface area contributed by atoms with Crippen LogP contribution in [-0.2, 0) is 11.2 Å². The monoisotopic (exact) mass is 234 g/mol. The standard InChI is InChI=1S/C13H18N2O2/c1-10(13(16)17)8-11-4-5-14-12(9-11)15-6-2-3-7-15/h4-5,9-10H,2-3,6-8H2,1H3,(H,16,17). The molecule has 0 aromatic carbocycles. The fourth-order valence-corrected chi connectivity index (χ4v) is 2.15. The molecule has 1 aromatic rings. The van der Waals surface area contributed by atoms with E-state index >= 15 is 0 Å². The SMILES string of the molecule is CC(Cc1ccnc(N2CCCC2)c1)C(=O)O. The third kappa shape index (κ3) is 2.96. The second-order valence-corrected chi connectivity index (χ2v) is 4.66. The van der Waals surface area contributed by atoms with Gasteiger partial charge in [-0.25, -0.2) is 4.98 Å². The molecule has 0 radical (unpaired) electrons. The Morgan fingerprint density at radius 1 is 1.53 bits per heavy atom. The predicted octanol–water partition coefficient (Wildman–Crippen LogP) is 1.94. The summed E-state index contributed by atoms with van der Waals surface area (Å²) < 4.78 is 0. The molecule has 2 heterocycles. The lowest BCUT2D eigenvalue weighted by Gasteiger charge is -2.17. The van der Waals surface area contributed by atoms with Crippen LogP contribution in [0.15, 0.2) is 18.3 Å². The number of carboxylic acid groups (broad SMARTS) is 1. The van der Waals surface area contributed by atoms with Crippen LogP contribution in [0.3, 0.4) is 0 Å². The fourth-order valence-electron chi connectivity index (χ4n) is 2.15. The molecule has 1 aliphatic rings. The average molecular weight is 234 g/mol. The highest BCUT2D eigenvalue weighted by molar-refractivity contribution is 5.70. The van der Waals surface area contributed by atoms with Crippen molar-refractivity contribution in [2.24, 2.45) is 5.92 Å². The molecule has 1 unspecified atom stereocenters. The minimum atomic E-state index is -0.746. The van der Waals surface area contributed by atoms with Gasteiger partial charge in [-0.05, 0) is 37.0 Å². The van der Waals surface area contributed by atoms with Gasteiger partial charge in [-0.1, -0.05) is 6.92 Å². The van der Waals surface area contributed by atoms with Gasteiger partial charge in [-0.15, -0.1) is 0 Å². The molecule has 1 aromatic heterocycles. The topological polar surface area (TPSA) is 53.4 Å². The van der Waals surface area contributed by atoms with Crippen LogP contribution >= 0.6 is 0 Å². The van der Waals surface area contributed by atoms with Gasteiger partial charge in [-0.3, -0.25) is 4.79 Å². The summed E-state index contributed by atoms with van der Waals surface area (Å²) in [5.74, 6) is -0.106.